The summed E-state index contributed by atoms with van der Waals surface area (Å²) < 4.78 is 5.68. The number of aromatic amines is 1. The van der Waals surface area contributed by atoms with Gasteiger partial charge < -0.3 is 15.5 Å². The molecule has 0 amide bonds. The summed E-state index contributed by atoms with van der Waals surface area (Å²) in [5, 5.41) is 0. The lowest BCUT2D eigenvalue weighted by atomic mass is 10.1. The summed E-state index contributed by atoms with van der Waals surface area (Å²) in [4.78, 5) is 21.4. The molecule has 2 rings (SSSR count). The van der Waals surface area contributed by atoms with Crippen LogP contribution >= 0.6 is 0 Å². The molecular weight excluding hydrogens is 244 g/mol. The molecular formula is C13H22N4O2. The summed E-state index contributed by atoms with van der Waals surface area (Å²) in [6.45, 7) is 9.22. The van der Waals surface area contributed by atoms with Crippen LogP contribution in [0.15, 0.2) is 4.79 Å². The molecule has 6 heteroatoms. The first-order chi connectivity index (χ1) is 9.02. The van der Waals surface area contributed by atoms with Crippen LogP contribution in [0.2, 0.25) is 0 Å². The topological polar surface area (TPSA) is 84.2 Å². The van der Waals surface area contributed by atoms with Gasteiger partial charge in [-0.2, -0.15) is 0 Å². The Balaban J connectivity index is 2.29. The summed E-state index contributed by atoms with van der Waals surface area (Å²) in [5.74, 6) is 0.903. The van der Waals surface area contributed by atoms with E-state index in [-0.39, 0.29) is 17.6 Å². The molecule has 106 valence electrons. The van der Waals surface area contributed by atoms with Crippen molar-refractivity contribution in [1.29, 1.82) is 0 Å². The van der Waals surface area contributed by atoms with Gasteiger partial charge in [0.2, 0.25) is 0 Å². The van der Waals surface area contributed by atoms with E-state index in [9.17, 15) is 4.79 Å². The number of nitrogen functional groups attached to an aromatic ring is 1. The summed E-state index contributed by atoms with van der Waals surface area (Å²) in [5.41, 5.74) is 6.29. The molecule has 1 fully saturated rings. The molecule has 3 N–H and O–H groups in total. The predicted molar refractivity (Wildman–Crippen MR) is 74.2 cm³/mol. The molecule has 6 nitrogen and oxygen atoms in total. The number of ether oxygens (including phenoxy) is 1. The van der Waals surface area contributed by atoms with E-state index in [1.54, 1.807) is 0 Å². The molecule has 2 heterocycles. The Morgan fingerprint density at radius 3 is 2.89 bits per heavy atom. The van der Waals surface area contributed by atoms with Crippen molar-refractivity contribution in [2.45, 2.75) is 32.8 Å². The van der Waals surface area contributed by atoms with E-state index in [2.05, 4.69) is 21.8 Å². The van der Waals surface area contributed by atoms with E-state index in [0.717, 1.165) is 19.6 Å². The zero-order valence-electron chi connectivity index (χ0n) is 11.8. The monoisotopic (exact) mass is 266 g/mol. The Morgan fingerprint density at radius 1 is 1.58 bits per heavy atom. The van der Waals surface area contributed by atoms with Crippen LogP contribution < -0.4 is 11.3 Å². The Bertz CT molecular complexity index is 498. The van der Waals surface area contributed by atoms with Crippen molar-refractivity contribution in [1.82, 2.24) is 14.9 Å². The first-order valence-corrected chi connectivity index (χ1v) is 6.76. The molecule has 0 aliphatic carbocycles. The number of nitrogens with zero attached hydrogens (tertiary/aromatic N) is 2. The lowest BCUT2D eigenvalue weighted by Gasteiger charge is -2.31. The van der Waals surface area contributed by atoms with Crippen LogP contribution in [-0.4, -0.2) is 41.1 Å². The molecule has 0 bridgehead atoms. The normalized spacial score (nSPS) is 20.9. The van der Waals surface area contributed by atoms with Crippen molar-refractivity contribution < 1.29 is 4.74 Å². The van der Waals surface area contributed by atoms with Gasteiger partial charge in [0, 0.05) is 13.1 Å². The Kier molecular flexibility index (Phi) is 4.21. The van der Waals surface area contributed by atoms with Gasteiger partial charge in [0.15, 0.2) is 0 Å². The van der Waals surface area contributed by atoms with Gasteiger partial charge >= 0.3 is 0 Å². The Hall–Kier alpha value is -1.40. The third kappa shape index (κ3) is 2.96. The van der Waals surface area contributed by atoms with E-state index in [1.165, 1.54) is 0 Å². The summed E-state index contributed by atoms with van der Waals surface area (Å²) in [6, 6.07) is 0. The summed E-state index contributed by atoms with van der Waals surface area (Å²) >= 11 is 0. The van der Waals surface area contributed by atoms with E-state index in [4.69, 9.17) is 10.5 Å². The SMILES string of the molecule is CCN1CCOC(c2nc(N)c(C(C)C)c(=O)[nH]2)C1. The van der Waals surface area contributed by atoms with Crippen LogP contribution in [-0.2, 0) is 4.74 Å². The highest BCUT2D eigenvalue weighted by atomic mass is 16.5. The Morgan fingerprint density at radius 2 is 2.32 bits per heavy atom. The third-order valence-corrected chi connectivity index (χ3v) is 3.48. The highest BCUT2D eigenvalue weighted by molar-refractivity contribution is 5.40. The molecule has 1 saturated heterocycles. The number of nitrogens with one attached hydrogen (secondary N) is 1. The standard InChI is InChI=1S/C13H22N4O2/c1-4-17-5-6-19-9(7-17)12-15-11(14)10(8(2)3)13(18)16-12/h8-9H,4-7H2,1-3H3,(H3,14,15,16,18). The average molecular weight is 266 g/mol. The van der Waals surface area contributed by atoms with Crippen molar-refractivity contribution in [3.8, 4) is 0 Å². The fourth-order valence-corrected chi connectivity index (χ4v) is 2.38. The van der Waals surface area contributed by atoms with E-state index in [0.29, 0.717) is 23.8 Å². The minimum absolute atomic E-state index is 0.0599. The highest BCUT2D eigenvalue weighted by Crippen LogP contribution is 2.21. The van der Waals surface area contributed by atoms with Crippen LogP contribution in [0.1, 0.15) is 44.2 Å². The van der Waals surface area contributed by atoms with Crippen molar-refractivity contribution in [3.05, 3.63) is 21.7 Å². The first kappa shape index (κ1) is 14.0. The van der Waals surface area contributed by atoms with Gasteiger partial charge in [-0.05, 0) is 12.5 Å². The minimum atomic E-state index is -0.204. The van der Waals surface area contributed by atoms with Crippen molar-refractivity contribution >= 4 is 5.82 Å². The molecule has 0 spiro atoms. The lowest BCUT2D eigenvalue weighted by Crippen LogP contribution is -2.39. The van der Waals surface area contributed by atoms with E-state index >= 15 is 0 Å². The minimum Gasteiger partial charge on any atom is -0.383 e. The molecule has 0 radical (unpaired) electrons. The average Bonchev–Trinajstić information content (AvgIpc) is 2.37. The second-order valence-corrected chi connectivity index (χ2v) is 5.16. The van der Waals surface area contributed by atoms with E-state index < -0.39 is 0 Å². The van der Waals surface area contributed by atoms with Gasteiger partial charge in [0.1, 0.15) is 17.7 Å². The van der Waals surface area contributed by atoms with Crippen LogP contribution in [0.25, 0.3) is 0 Å². The number of aromatic nitrogens is 2. The molecule has 1 aliphatic rings. The number of H-pyrrole nitrogens is 1. The second-order valence-electron chi connectivity index (χ2n) is 5.16. The summed E-state index contributed by atoms with van der Waals surface area (Å²) in [7, 11) is 0. The van der Waals surface area contributed by atoms with E-state index in [1.807, 2.05) is 13.8 Å². The van der Waals surface area contributed by atoms with Gasteiger partial charge in [0.05, 0.1) is 12.2 Å². The zero-order valence-corrected chi connectivity index (χ0v) is 11.8. The van der Waals surface area contributed by atoms with Gasteiger partial charge in [-0.15, -0.1) is 0 Å². The maximum Gasteiger partial charge on any atom is 0.256 e. The van der Waals surface area contributed by atoms with Crippen LogP contribution in [0, 0.1) is 0 Å². The molecule has 1 atom stereocenters. The summed E-state index contributed by atoms with van der Waals surface area (Å²) in [6.07, 6.45) is -0.204. The number of hydrogen-bond acceptors (Lipinski definition) is 5. The molecule has 1 unspecified atom stereocenters. The third-order valence-electron chi connectivity index (χ3n) is 3.48. The molecule has 19 heavy (non-hydrogen) atoms. The first-order valence-electron chi connectivity index (χ1n) is 6.76. The van der Waals surface area contributed by atoms with Gasteiger partial charge in [-0.25, -0.2) is 4.98 Å². The maximum absolute atomic E-state index is 12.1. The van der Waals surface area contributed by atoms with Crippen LogP contribution in [0.4, 0.5) is 5.82 Å². The molecule has 1 aromatic rings. The second kappa shape index (κ2) is 5.71. The Labute approximate surface area is 113 Å². The number of likely N-dealkylation sites (N-methyl/N-ethyl adjacent to an activating group) is 1. The number of anilines is 1. The smallest absolute Gasteiger partial charge is 0.256 e. The molecule has 1 aliphatic heterocycles. The largest absolute Gasteiger partial charge is 0.383 e. The molecule has 0 aromatic carbocycles. The van der Waals surface area contributed by atoms with Gasteiger partial charge in [0.25, 0.3) is 5.56 Å². The number of morpholine rings is 1. The van der Waals surface area contributed by atoms with Crippen LogP contribution in [0.3, 0.4) is 0 Å². The number of nitrogens with two attached hydrogens (primary N) is 1. The number of rotatable bonds is 3. The van der Waals surface area contributed by atoms with Crippen molar-refractivity contribution in [3.63, 3.8) is 0 Å². The fourth-order valence-electron chi connectivity index (χ4n) is 2.38. The molecule has 0 saturated carbocycles. The van der Waals surface area contributed by atoms with Crippen molar-refractivity contribution in [2.75, 3.05) is 32.0 Å². The highest BCUT2D eigenvalue weighted by Gasteiger charge is 2.24. The van der Waals surface area contributed by atoms with Crippen molar-refractivity contribution in [2.24, 2.45) is 0 Å². The number of hydrogen-bond donors (Lipinski definition) is 2. The maximum atomic E-state index is 12.1. The van der Waals surface area contributed by atoms with Crippen LogP contribution in [0.5, 0.6) is 0 Å². The predicted octanol–water partition coefficient (Wildman–Crippen LogP) is 0.869. The molecule has 1 aromatic heterocycles. The zero-order chi connectivity index (χ0) is 14.0. The fraction of sp³-hybridized carbons (Fsp3) is 0.692. The lowest BCUT2D eigenvalue weighted by molar-refractivity contribution is -0.0326. The van der Waals surface area contributed by atoms with Gasteiger partial charge in [-0.1, -0.05) is 20.8 Å². The van der Waals surface area contributed by atoms with Gasteiger partial charge in [-0.3, -0.25) is 9.69 Å². The quantitative estimate of drug-likeness (QED) is 0.848.